The summed E-state index contributed by atoms with van der Waals surface area (Å²) in [4.78, 5) is 7.11. The highest BCUT2D eigenvalue weighted by atomic mass is 127. The Labute approximate surface area is 185 Å². The Kier molecular flexibility index (Phi) is 9.73. The van der Waals surface area contributed by atoms with E-state index in [9.17, 15) is 0 Å². The number of para-hydroxylation sites is 1. The van der Waals surface area contributed by atoms with Gasteiger partial charge >= 0.3 is 0 Å². The van der Waals surface area contributed by atoms with Gasteiger partial charge in [-0.15, -0.1) is 24.0 Å². The van der Waals surface area contributed by atoms with Crippen LogP contribution in [0.15, 0.2) is 53.5 Å². The molecule has 0 bridgehead atoms. The second-order valence-corrected chi connectivity index (χ2v) is 7.02. The van der Waals surface area contributed by atoms with Gasteiger partial charge in [0.2, 0.25) is 0 Å². The highest BCUT2D eigenvalue weighted by molar-refractivity contribution is 14.0. The summed E-state index contributed by atoms with van der Waals surface area (Å²) in [5.74, 6) is 0.423. The second-order valence-electron chi connectivity index (χ2n) is 7.02. The number of methoxy groups -OCH3 is 1. The molecule has 1 aliphatic rings. The lowest BCUT2D eigenvalue weighted by atomic mass is 10.1. The van der Waals surface area contributed by atoms with Crippen LogP contribution in [0.1, 0.15) is 36.0 Å². The summed E-state index contributed by atoms with van der Waals surface area (Å²) in [6.45, 7) is 4.50. The number of halogens is 1. The van der Waals surface area contributed by atoms with Gasteiger partial charge in [0.15, 0.2) is 5.96 Å². The third-order valence-corrected chi connectivity index (χ3v) is 4.96. The van der Waals surface area contributed by atoms with Gasteiger partial charge < -0.3 is 15.8 Å². The van der Waals surface area contributed by atoms with E-state index < -0.39 is 0 Å². The quantitative estimate of drug-likeness (QED) is 0.341. The van der Waals surface area contributed by atoms with Crippen LogP contribution < -0.4 is 11.1 Å². The summed E-state index contributed by atoms with van der Waals surface area (Å²) in [7, 11) is 1.69. The third kappa shape index (κ3) is 6.76. The maximum absolute atomic E-state index is 6.14. The zero-order valence-electron chi connectivity index (χ0n) is 16.6. The zero-order chi connectivity index (χ0) is 18.9. The molecule has 1 aliphatic heterocycles. The molecule has 28 heavy (non-hydrogen) atoms. The van der Waals surface area contributed by atoms with E-state index in [0.717, 1.165) is 17.8 Å². The van der Waals surface area contributed by atoms with Crippen LogP contribution >= 0.6 is 24.0 Å². The number of piperidine rings is 1. The number of benzene rings is 2. The topological polar surface area (TPSA) is 62.9 Å². The number of hydrogen-bond donors (Lipinski definition) is 2. The van der Waals surface area contributed by atoms with Gasteiger partial charge in [-0.1, -0.05) is 48.9 Å². The normalized spacial score (nSPS) is 15.1. The molecule has 1 saturated heterocycles. The fraction of sp³-hybridized carbons (Fsp3) is 0.409. The van der Waals surface area contributed by atoms with E-state index in [-0.39, 0.29) is 24.0 Å². The summed E-state index contributed by atoms with van der Waals surface area (Å²) < 4.78 is 5.24. The van der Waals surface area contributed by atoms with Crippen molar-refractivity contribution in [2.24, 2.45) is 10.7 Å². The van der Waals surface area contributed by atoms with Crippen molar-refractivity contribution >= 4 is 35.6 Å². The summed E-state index contributed by atoms with van der Waals surface area (Å²) in [5, 5.41) is 3.20. The fourth-order valence-corrected chi connectivity index (χ4v) is 3.50. The number of rotatable bonds is 7. The highest BCUT2D eigenvalue weighted by Crippen LogP contribution is 2.18. The van der Waals surface area contributed by atoms with Crippen molar-refractivity contribution in [2.45, 2.75) is 39.0 Å². The first-order chi connectivity index (χ1) is 13.3. The van der Waals surface area contributed by atoms with Crippen molar-refractivity contribution in [1.29, 1.82) is 0 Å². The lowest BCUT2D eigenvalue weighted by Crippen LogP contribution is -2.29. The number of aliphatic imine (C=N–C) groups is 1. The first-order valence-corrected chi connectivity index (χ1v) is 9.69. The summed E-state index contributed by atoms with van der Waals surface area (Å²) in [5.41, 5.74) is 10.7. The first-order valence-electron chi connectivity index (χ1n) is 9.69. The van der Waals surface area contributed by atoms with Crippen molar-refractivity contribution < 1.29 is 4.74 Å². The minimum atomic E-state index is 0. The van der Waals surface area contributed by atoms with Gasteiger partial charge in [0.25, 0.3) is 0 Å². The van der Waals surface area contributed by atoms with Crippen LogP contribution in [-0.4, -0.2) is 31.1 Å². The van der Waals surface area contributed by atoms with Crippen LogP contribution in [0.5, 0.6) is 0 Å². The van der Waals surface area contributed by atoms with E-state index >= 15 is 0 Å². The predicted octanol–water partition coefficient (Wildman–Crippen LogP) is 4.36. The molecule has 1 heterocycles. The molecule has 0 radical (unpaired) electrons. The summed E-state index contributed by atoms with van der Waals surface area (Å²) >= 11 is 0. The van der Waals surface area contributed by atoms with Gasteiger partial charge in [-0.05, 0) is 43.1 Å². The number of nitrogens with one attached hydrogen (secondary N) is 1. The van der Waals surface area contributed by atoms with E-state index in [2.05, 4.69) is 39.5 Å². The van der Waals surface area contributed by atoms with Crippen molar-refractivity contribution in [3.05, 3.63) is 65.2 Å². The molecule has 0 spiro atoms. The molecule has 5 nitrogen and oxygen atoms in total. The molecule has 0 atom stereocenters. The molecule has 152 valence electrons. The number of likely N-dealkylation sites (tertiary alicyclic amines) is 1. The monoisotopic (exact) mass is 494 g/mol. The second kappa shape index (κ2) is 12.0. The van der Waals surface area contributed by atoms with E-state index in [1.807, 2.05) is 24.3 Å². The fourth-order valence-electron chi connectivity index (χ4n) is 3.50. The van der Waals surface area contributed by atoms with Gasteiger partial charge in [-0.2, -0.15) is 0 Å². The number of ether oxygens (including phenoxy) is 1. The molecule has 3 rings (SSSR count). The molecule has 0 unspecified atom stereocenters. The van der Waals surface area contributed by atoms with Gasteiger partial charge in [0, 0.05) is 24.9 Å². The molecule has 6 heteroatoms. The van der Waals surface area contributed by atoms with Crippen LogP contribution in [-0.2, 0) is 24.4 Å². The molecular formula is C22H31IN4O. The molecule has 0 amide bonds. The van der Waals surface area contributed by atoms with Crippen molar-refractivity contribution in [3.8, 4) is 0 Å². The van der Waals surface area contributed by atoms with Crippen molar-refractivity contribution in [2.75, 3.05) is 25.5 Å². The molecule has 0 aliphatic carbocycles. The number of nitrogens with two attached hydrogens (primary N) is 1. The summed E-state index contributed by atoms with van der Waals surface area (Å²) in [6, 6.07) is 16.5. The smallest absolute Gasteiger partial charge is 0.193 e. The molecule has 2 aromatic rings. The summed E-state index contributed by atoms with van der Waals surface area (Å²) in [6.07, 6.45) is 3.96. The van der Waals surface area contributed by atoms with Gasteiger partial charge in [-0.3, -0.25) is 4.90 Å². The Morgan fingerprint density at radius 1 is 1.00 bits per heavy atom. The van der Waals surface area contributed by atoms with E-state index in [1.165, 1.54) is 43.5 Å². The lowest BCUT2D eigenvalue weighted by Gasteiger charge is -2.27. The molecule has 1 fully saturated rings. The van der Waals surface area contributed by atoms with Crippen LogP contribution in [0.3, 0.4) is 0 Å². The Balaban J connectivity index is 0.00000280. The average Bonchev–Trinajstić information content (AvgIpc) is 2.70. The van der Waals surface area contributed by atoms with E-state index in [0.29, 0.717) is 19.1 Å². The molecule has 2 aromatic carbocycles. The number of anilines is 1. The SMILES string of the molecule is COCc1ccccc1NC(N)=NCc1ccccc1CN1CCCCC1.I. The molecule has 0 aromatic heterocycles. The molecular weight excluding hydrogens is 463 g/mol. The maximum Gasteiger partial charge on any atom is 0.193 e. The average molecular weight is 494 g/mol. The Bertz CT molecular complexity index is 760. The first kappa shape index (κ1) is 22.6. The van der Waals surface area contributed by atoms with Crippen LogP contribution in [0.25, 0.3) is 0 Å². The van der Waals surface area contributed by atoms with Gasteiger partial charge in [-0.25, -0.2) is 4.99 Å². The lowest BCUT2D eigenvalue weighted by molar-refractivity contribution is 0.185. The zero-order valence-corrected chi connectivity index (χ0v) is 18.9. The van der Waals surface area contributed by atoms with Crippen LogP contribution in [0.4, 0.5) is 5.69 Å². The van der Waals surface area contributed by atoms with Crippen molar-refractivity contribution in [1.82, 2.24) is 4.90 Å². The van der Waals surface area contributed by atoms with E-state index in [1.54, 1.807) is 7.11 Å². The predicted molar refractivity (Wildman–Crippen MR) is 127 cm³/mol. The number of hydrogen-bond acceptors (Lipinski definition) is 3. The number of guanidine groups is 1. The maximum atomic E-state index is 6.14. The van der Waals surface area contributed by atoms with E-state index in [4.69, 9.17) is 10.5 Å². The van der Waals surface area contributed by atoms with Gasteiger partial charge in [0.05, 0.1) is 13.2 Å². The largest absolute Gasteiger partial charge is 0.380 e. The minimum Gasteiger partial charge on any atom is -0.380 e. The minimum absolute atomic E-state index is 0. The number of nitrogens with zero attached hydrogens (tertiary/aromatic N) is 2. The Morgan fingerprint density at radius 2 is 1.64 bits per heavy atom. The Morgan fingerprint density at radius 3 is 2.36 bits per heavy atom. The van der Waals surface area contributed by atoms with Crippen LogP contribution in [0, 0.1) is 0 Å². The molecule has 0 saturated carbocycles. The third-order valence-electron chi connectivity index (χ3n) is 4.96. The van der Waals surface area contributed by atoms with Gasteiger partial charge in [0.1, 0.15) is 0 Å². The highest BCUT2D eigenvalue weighted by Gasteiger charge is 2.12. The Hall–Kier alpha value is -1.64. The molecule has 3 N–H and O–H groups in total. The standard InChI is InChI=1S/C22H30N4O.HI/c1-27-17-20-11-5-6-12-21(20)25-22(23)24-15-18-9-3-4-10-19(18)16-26-13-7-2-8-14-26;/h3-6,9-12H,2,7-8,13-17H2,1H3,(H3,23,24,25);1H. The van der Waals surface area contributed by atoms with Crippen LogP contribution in [0.2, 0.25) is 0 Å². The van der Waals surface area contributed by atoms with Crippen molar-refractivity contribution in [3.63, 3.8) is 0 Å².